The molecule has 1 aliphatic heterocycles. The van der Waals surface area contributed by atoms with Gasteiger partial charge in [-0.25, -0.2) is 0 Å². The highest BCUT2D eigenvalue weighted by molar-refractivity contribution is 6.64. The van der Waals surface area contributed by atoms with Gasteiger partial charge < -0.3 is 0 Å². The van der Waals surface area contributed by atoms with Crippen LogP contribution in [0.3, 0.4) is 0 Å². The number of halogens is 3. The molecule has 0 radical (unpaired) electrons. The summed E-state index contributed by atoms with van der Waals surface area (Å²) in [7, 11) is 1.45. The van der Waals surface area contributed by atoms with Crippen molar-refractivity contribution >= 4 is 46.2 Å². The Kier molecular flexibility index (Phi) is 3.24. The summed E-state index contributed by atoms with van der Waals surface area (Å²) in [4.78, 5) is 11.8. The SMILES string of the molecule is CN(C(=O)Cl)C1=NN(Cl)NC(Cl)=C1. The number of carbonyl (C=O) groups is 1. The van der Waals surface area contributed by atoms with Crippen LogP contribution < -0.4 is 5.43 Å². The van der Waals surface area contributed by atoms with E-state index in [2.05, 4.69) is 10.5 Å². The molecular weight excluding hydrogens is 238 g/mol. The zero-order valence-corrected chi connectivity index (χ0v) is 8.73. The van der Waals surface area contributed by atoms with Crippen LogP contribution in [0, 0.1) is 0 Å². The largest absolute Gasteiger partial charge is 0.321 e. The first-order valence-corrected chi connectivity index (χ1v) is 4.21. The Morgan fingerprint density at radius 2 is 2.38 bits per heavy atom. The second-order valence-corrected chi connectivity index (χ2v) is 3.19. The molecular formula is C5H5Cl3N4O. The molecule has 0 saturated heterocycles. The molecule has 0 aromatic rings. The number of hydrogen-bond donors (Lipinski definition) is 1. The molecule has 0 saturated carbocycles. The third-order valence-corrected chi connectivity index (χ3v) is 1.86. The van der Waals surface area contributed by atoms with Crippen molar-refractivity contribution in [3.05, 3.63) is 11.2 Å². The van der Waals surface area contributed by atoms with Crippen molar-refractivity contribution in [2.45, 2.75) is 0 Å². The first-order chi connectivity index (χ1) is 6.00. The number of nitrogens with zero attached hydrogens (tertiary/aromatic N) is 3. The van der Waals surface area contributed by atoms with Gasteiger partial charge in [-0.05, 0) is 11.6 Å². The molecule has 1 amide bonds. The molecule has 1 aliphatic rings. The molecule has 8 heteroatoms. The van der Waals surface area contributed by atoms with Crippen LogP contribution in [-0.2, 0) is 0 Å². The van der Waals surface area contributed by atoms with Crippen LogP contribution in [0.5, 0.6) is 0 Å². The number of amides is 1. The fourth-order valence-electron chi connectivity index (χ4n) is 0.632. The molecule has 13 heavy (non-hydrogen) atoms. The standard InChI is InChI=1S/C5H5Cl3N4O/c1-11(5(7)13)4-2-3(6)9-12(8)10-4/h2,9H,1H3. The summed E-state index contributed by atoms with van der Waals surface area (Å²) < 4.78 is 0.855. The van der Waals surface area contributed by atoms with E-state index in [1.54, 1.807) is 0 Å². The van der Waals surface area contributed by atoms with E-state index in [0.29, 0.717) is 0 Å². The molecule has 0 aromatic carbocycles. The molecule has 0 fully saturated rings. The smallest absolute Gasteiger partial charge is 0.285 e. The number of carbonyl (C=O) groups excluding carboxylic acids is 1. The van der Waals surface area contributed by atoms with Crippen LogP contribution in [-0.4, -0.2) is 27.8 Å². The summed E-state index contributed by atoms with van der Waals surface area (Å²) in [6, 6.07) is 0. The predicted octanol–water partition coefficient (Wildman–Crippen LogP) is 1.64. The minimum atomic E-state index is -0.675. The van der Waals surface area contributed by atoms with Gasteiger partial charge in [-0.15, -0.1) is 9.74 Å². The van der Waals surface area contributed by atoms with Crippen molar-refractivity contribution in [1.29, 1.82) is 0 Å². The zero-order chi connectivity index (χ0) is 10.0. The minimum Gasteiger partial charge on any atom is -0.285 e. The van der Waals surface area contributed by atoms with Crippen molar-refractivity contribution in [1.82, 2.24) is 15.0 Å². The first kappa shape index (κ1) is 10.4. The van der Waals surface area contributed by atoms with E-state index in [0.717, 1.165) is 9.54 Å². The van der Waals surface area contributed by atoms with Gasteiger partial charge in [0, 0.05) is 13.1 Å². The predicted molar refractivity (Wildman–Crippen MR) is 51.2 cm³/mol. The highest BCUT2D eigenvalue weighted by Gasteiger charge is 2.16. The third kappa shape index (κ3) is 2.65. The van der Waals surface area contributed by atoms with Gasteiger partial charge in [0.25, 0.3) is 0 Å². The Morgan fingerprint density at radius 3 is 2.85 bits per heavy atom. The maximum absolute atomic E-state index is 10.7. The number of amidine groups is 1. The van der Waals surface area contributed by atoms with E-state index in [1.807, 2.05) is 0 Å². The van der Waals surface area contributed by atoms with Gasteiger partial charge in [-0.3, -0.25) is 15.1 Å². The molecule has 0 atom stereocenters. The van der Waals surface area contributed by atoms with E-state index in [4.69, 9.17) is 35.0 Å². The Morgan fingerprint density at radius 1 is 1.77 bits per heavy atom. The summed E-state index contributed by atoms with van der Waals surface area (Å²) in [5, 5.41) is 3.28. The average Bonchev–Trinajstić information content (AvgIpc) is 2.01. The van der Waals surface area contributed by atoms with Crippen LogP contribution in [0.25, 0.3) is 0 Å². The Bertz CT molecular complexity index is 290. The monoisotopic (exact) mass is 242 g/mol. The molecule has 72 valence electrons. The lowest BCUT2D eigenvalue weighted by Crippen LogP contribution is -2.36. The number of nitrogens with one attached hydrogen (secondary N) is 1. The van der Waals surface area contributed by atoms with Crippen LogP contribution in [0.15, 0.2) is 16.3 Å². The maximum atomic E-state index is 10.7. The molecule has 0 unspecified atom stereocenters. The van der Waals surface area contributed by atoms with Crippen LogP contribution in [0.2, 0.25) is 0 Å². The van der Waals surface area contributed by atoms with E-state index in [1.165, 1.54) is 13.1 Å². The molecule has 1 rings (SSSR count). The van der Waals surface area contributed by atoms with E-state index < -0.39 is 5.37 Å². The van der Waals surface area contributed by atoms with Gasteiger partial charge in [0.2, 0.25) is 0 Å². The van der Waals surface area contributed by atoms with Gasteiger partial charge in [0.05, 0.1) is 11.8 Å². The Balaban J connectivity index is 2.85. The van der Waals surface area contributed by atoms with Crippen molar-refractivity contribution in [3.8, 4) is 0 Å². The van der Waals surface area contributed by atoms with Gasteiger partial charge >= 0.3 is 5.37 Å². The summed E-state index contributed by atoms with van der Waals surface area (Å²) >= 11 is 16.3. The highest BCUT2D eigenvalue weighted by Crippen LogP contribution is 2.10. The summed E-state index contributed by atoms with van der Waals surface area (Å²) in [5.41, 5.74) is 2.46. The topological polar surface area (TPSA) is 47.9 Å². The fourth-order valence-corrected chi connectivity index (χ4v) is 1.11. The summed E-state index contributed by atoms with van der Waals surface area (Å²) in [5.74, 6) is 0.249. The lowest BCUT2D eigenvalue weighted by molar-refractivity contribution is 0.247. The second kappa shape index (κ2) is 4.04. The van der Waals surface area contributed by atoms with Crippen molar-refractivity contribution in [2.24, 2.45) is 5.10 Å². The molecule has 0 aromatic heterocycles. The Labute approximate surface area is 89.6 Å². The van der Waals surface area contributed by atoms with Crippen molar-refractivity contribution in [3.63, 3.8) is 0 Å². The lowest BCUT2D eigenvalue weighted by Gasteiger charge is -2.21. The summed E-state index contributed by atoms with van der Waals surface area (Å²) in [6.07, 6.45) is 1.42. The molecule has 1 heterocycles. The molecule has 5 nitrogen and oxygen atoms in total. The number of hydrazone groups is 1. The van der Waals surface area contributed by atoms with E-state index in [-0.39, 0.29) is 11.0 Å². The van der Waals surface area contributed by atoms with Gasteiger partial charge in [0.1, 0.15) is 5.16 Å². The molecule has 1 N–H and O–H groups in total. The highest BCUT2D eigenvalue weighted by atomic mass is 35.5. The molecule has 0 aliphatic carbocycles. The van der Waals surface area contributed by atoms with E-state index in [9.17, 15) is 4.79 Å². The molecule has 0 bridgehead atoms. The quantitative estimate of drug-likeness (QED) is 0.400. The lowest BCUT2D eigenvalue weighted by atomic mass is 10.5. The number of hydrogen-bond acceptors (Lipinski definition) is 4. The van der Waals surface area contributed by atoms with Gasteiger partial charge in [0.15, 0.2) is 5.84 Å². The average molecular weight is 243 g/mol. The van der Waals surface area contributed by atoms with E-state index >= 15 is 0 Å². The zero-order valence-electron chi connectivity index (χ0n) is 6.46. The molecule has 0 spiro atoms. The fraction of sp³-hybridized carbons (Fsp3) is 0.200. The van der Waals surface area contributed by atoms with Crippen molar-refractivity contribution in [2.75, 3.05) is 7.05 Å². The number of rotatable bonds is 0. The number of hydrazine groups is 1. The summed E-state index contributed by atoms with van der Waals surface area (Å²) in [6.45, 7) is 0. The van der Waals surface area contributed by atoms with Crippen molar-refractivity contribution < 1.29 is 4.79 Å². The third-order valence-electron chi connectivity index (χ3n) is 1.25. The maximum Gasteiger partial charge on any atom is 0.321 e. The van der Waals surface area contributed by atoms with Crippen LogP contribution in [0.1, 0.15) is 0 Å². The number of likely N-dealkylation sites (N-methyl/N-ethyl adjacent to an activating group) is 1. The van der Waals surface area contributed by atoms with Crippen LogP contribution in [0.4, 0.5) is 4.79 Å². The normalized spacial score (nSPS) is 15.8. The van der Waals surface area contributed by atoms with Crippen LogP contribution >= 0.6 is 35.0 Å². The second-order valence-electron chi connectivity index (χ2n) is 2.13. The van der Waals surface area contributed by atoms with Gasteiger partial charge in [-0.1, -0.05) is 11.6 Å². The Hall–Kier alpha value is -0.650. The minimum absolute atomic E-state index is 0.241. The first-order valence-electron chi connectivity index (χ1n) is 3.12. The van der Waals surface area contributed by atoms with Gasteiger partial charge in [-0.2, -0.15) is 0 Å².